The van der Waals surface area contributed by atoms with Gasteiger partial charge in [-0.1, -0.05) is 0 Å². The van der Waals surface area contributed by atoms with E-state index in [-0.39, 0.29) is 39.3 Å². The normalized spacial score (nSPS) is 13.8. The van der Waals surface area contributed by atoms with E-state index in [2.05, 4.69) is 0 Å². The van der Waals surface area contributed by atoms with Gasteiger partial charge in [-0.15, -0.1) is 0 Å². The lowest BCUT2D eigenvalue weighted by atomic mass is 10.2. The number of carbonyl (C=O) groups excluding carboxylic acids is 2. The van der Waals surface area contributed by atoms with E-state index in [0.29, 0.717) is 0 Å². The van der Waals surface area contributed by atoms with Gasteiger partial charge in [-0.05, 0) is 96.9 Å². The molecule has 0 aliphatic rings. The Morgan fingerprint density at radius 2 is 0.634 bits per heavy atom. The molecule has 0 bridgehead atoms. The van der Waals surface area contributed by atoms with Crippen LogP contribution in [-0.2, 0) is 62.9 Å². The average Bonchev–Trinajstić information content (AvgIpc) is 2.77. The Labute approximate surface area is 245 Å². The Morgan fingerprint density at radius 1 is 0.390 bits per heavy atom. The van der Waals surface area contributed by atoms with E-state index in [1.807, 2.05) is 0 Å². The van der Waals surface area contributed by atoms with Crippen molar-refractivity contribution in [3.63, 3.8) is 0 Å². The lowest BCUT2D eigenvalue weighted by Gasteiger charge is -2.32. The lowest BCUT2D eigenvalue weighted by molar-refractivity contribution is -0.535. The van der Waals surface area contributed by atoms with Gasteiger partial charge in [0.1, 0.15) is 26.1 Å². The fourth-order valence-corrected chi connectivity index (χ4v) is 2.16. The molecule has 13 heteroatoms. The molecule has 0 saturated heterocycles. The van der Waals surface area contributed by atoms with Crippen LogP contribution in [0.4, 0.5) is 0 Å². The number of esters is 2. The first-order valence-electron chi connectivity index (χ1n) is 13.7. The first-order chi connectivity index (χ1) is 18.3. The lowest BCUT2D eigenvalue weighted by Crippen LogP contribution is -2.40. The van der Waals surface area contributed by atoms with Gasteiger partial charge in [-0.2, -0.15) is 19.6 Å². The molecular weight excluding hydrogens is 544 g/mol. The van der Waals surface area contributed by atoms with E-state index >= 15 is 0 Å². The summed E-state index contributed by atoms with van der Waals surface area (Å²) in [6.45, 7) is 24.5. The Bertz CT molecular complexity index is 670. The van der Waals surface area contributed by atoms with Crippen LogP contribution < -0.4 is 0 Å². The highest BCUT2D eigenvalue weighted by Gasteiger charge is 2.38. The number of carbonyl (C=O) groups is 2. The highest BCUT2D eigenvalue weighted by atomic mass is 17.3. The van der Waals surface area contributed by atoms with Gasteiger partial charge in [0.05, 0.1) is 35.6 Å². The van der Waals surface area contributed by atoms with Crippen molar-refractivity contribution >= 4 is 11.9 Å². The van der Waals surface area contributed by atoms with E-state index in [0.717, 1.165) is 0 Å². The average molecular weight is 599 g/mol. The minimum absolute atomic E-state index is 0.0445. The van der Waals surface area contributed by atoms with Crippen LogP contribution in [0.15, 0.2) is 0 Å². The number of ether oxygens (including phenoxy) is 3. The first-order valence-corrected chi connectivity index (χ1v) is 13.7. The summed E-state index contributed by atoms with van der Waals surface area (Å²) in [5, 5.41) is 0. The van der Waals surface area contributed by atoms with Gasteiger partial charge in [-0.25, -0.2) is 19.6 Å². The van der Waals surface area contributed by atoms with Crippen LogP contribution in [0.5, 0.6) is 0 Å². The molecule has 0 aromatic carbocycles. The van der Waals surface area contributed by atoms with Crippen molar-refractivity contribution in [1.29, 1.82) is 0 Å². The molecule has 0 saturated carbocycles. The van der Waals surface area contributed by atoms with Crippen molar-refractivity contribution < 1.29 is 62.9 Å². The molecule has 0 heterocycles. The second kappa shape index (κ2) is 16.4. The largest absolute Gasteiger partial charge is 0.463 e. The molecule has 0 atom stereocenters. The van der Waals surface area contributed by atoms with E-state index < -0.39 is 45.9 Å². The molecule has 0 spiro atoms. The van der Waals surface area contributed by atoms with Gasteiger partial charge < -0.3 is 14.2 Å². The van der Waals surface area contributed by atoms with Crippen molar-refractivity contribution in [2.75, 3.05) is 26.4 Å². The van der Waals surface area contributed by atoms with E-state index in [4.69, 9.17) is 53.3 Å². The zero-order valence-electron chi connectivity index (χ0n) is 27.5. The molecule has 0 aromatic heterocycles. The van der Waals surface area contributed by atoms with Gasteiger partial charge in [-0.3, -0.25) is 9.59 Å². The maximum atomic E-state index is 12.4. The van der Waals surface area contributed by atoms with Crippen LogP contribution in [0, 0.1) is 0 Å². The van der Waals surface area contributed by atoms with Crippen molar-refractivity contribution in [2.24, 2.45) is 0 Å². The van der Waals surface area contributed by atoms with Crippen molar-refractivity contribution in [1.82, 2.24) is 0 Å². The number of rotatable bonds is 18. The Morgan fingerprint density at radius 3 is 0.854 bits per heavy atom. The van der Waals surface area contributed by atoms with E-state index in [1.165, 1.54) is 13.8 Å². The third-order valence-corrected chi connectivity index (χ3v) is 3.78. The molecule has 0 fully saturated rings. The van der Waals surface area contributed by atoms with E-state index in [9.17, 15) is 9.59 Å². The summed E-state index contributed by atoms with van der Waals surface area (Å²) in [5.41, 5.74) is -2.58. The van der Waals surface area contributed by atoms with Gasteiger partial charge in [0.15, 0.2) is 0 Å². The fraction of sp³-hybridized carbons (Fsp3) is 0.929. The summed E-state index contributed by atoms with van der Waals surface area (Å²) in [4.78, 5) is 67.6. The Kier molecular flexibility index (Phi) is 15.9. The molecule has 0 aromatic rings. The number of hydrogen-bond donors (Lipinski definition) is 0. The minimum atomic E-state index is -1.55. The van der Waals surface area contributed by atoms with Crippen LogP contribution in [0.25, 0.3) is 0 Å². The SMILES string of the molecule is CC(C)(C)OOC(C)(CC(=O)OCCOCCOC(=O)CC(C)(OOC(C)(C)C)OOC(C)(C)C)OOC(C)(C)C. The van der Waals surface area contributed by atoms with Crippen molar-refractivity contribution in [3.8, 4) is 0 Å². The Balaban J connectivity index is 4.56. The molecule has 0 N–H and O–H groups in total. The standard InChI is InChI=1S/C28H54O13/c1-23(2,3)34-38-27(13,39-35-24(4,5)6)19-21(29)32-17-15-31-16-18-33-22(30)20-28(14,40-36-25(7,8)9)41-37-26(10,11)12/h15-20H2,1-14H3. The van der Waals surface area contributed by atoms with Crippen LogP contribution in [0.3, 0.4) is 0 Å². The molecular formula is C28H54O13. The van der Waals surface area contributed by atoms with Crippen LogP contribution in [-0.4, -0.2) is 72.3 Å². The second-order valence-corrected chi connectivity index (χ2v) is 13.8. The summed E-state index contributed by atoms with van der Waals surface area (Å²) in [6.07, 6.45) is -0.616. The summed E-state index contributed by atoms with van der Waals surface area (Å²) >= 11 is 0. The van der Waals surface area contributed by atoms with Crippen LogP contribution in [0.1, 0.15) is 110 Å². The monoisotopic (exact) mass is 598 g/mol. The maximum Gasteiger partial charge on any atom is 0.311 e. The maximum absolute atomic E-state index is 12.4. The zero-order chi connectivity index (χ0) is 32.2. The first kappa shape index (κ1) is 39.6. The molecule has 0 rings (SSSR count). The number of hydrogen-bond acceptors (Lipinski definition) is 13. The highest BCUT2D eigenvalue weighted by molar-refractivity contribution is 5.70. The second-order valence-electron chi connectivity index (χ2n) is 13.8. The van der Waals surface area contributed by atoms with Crippen LogP contribution >= 0.6 is 0 Å². The van der Waals surface area contributed by atoms with E-state index in [1.54, 1.807) is 83.1 Å². The Hall–Kier alpha value is -1.42. The third kappa shape index (κ3) is 23.8. The fourth-order valence-electron chi connectivity index (χ4n) is 2.16. The highest BCUT2D eigenvalue weighted by Crippen LogP contribution is 2.26. The van der Waals surface area contributed by atoms with Crippen molar-refractivity contribution in [3.05, 3.63) is 0 Å². The molecule has 0 aliphatic carbocycles. The van der Waals surface area contributed by atoms with Gasteiger partial charge in [0, 0.05) is 0 Å². The quantitative estimate of drug-likeness (QED) is 0.0665. The molecule has 244 valence electrons. The molecule has 0 aliphatic heterocycles. The predicted octanol–water partition coefficient (Wildman–Crippen LogP) is 5.29. The topological polar surface area (TPSA) is 136 Å². The molecule has 0 radical (unpaired) electrons. The third-order valence-electron chi connectivity index (χ3n) is 3.78. The van der Waals surface area contributed by atoms with Gasteiger partial charge in [0.25, 0.3) is 0 Å². The van der Waals surface area contributed by atoms with Gasteiger partial charge >= 0.3 is 11.9 Å². The molecule has 0 unspecified atom stereocenters. The van der Waals surface area contributed by atoms with Crippen molar-refractivity contribution in [2.45, 2.75) is 144 Å². The predicted molar refractivity (Wildman–Crippen MR) is 146 cm³/mol. The van der Waals surface area contributed by atoms with Gasteiger partial charge in [0.2, 0.25) is 11.6 Å². The molecule has 13 nitrogen and oxygen atoms in total. The molecule has 0 amide bonds. The summed E-state index contributed by atoms with van der Waals surface area (Å²) in [7, 11) is 0. The van der Waals surface area contributed by atoms with Crippen LogP contribution in [0.2, 0.25) is 0 Å². The minimum Gasteiger partial charge on any atom is -0.463 e. The summed E-state index contributed by atoms with van der Waals surface area (Å²) < 4.78 is 15.8. The smallest absolute Gasteiger partial charge is 0.311 e. The zero-order valence-corrected chi connectivity index (χ0v) is 27.5. The molecule has 41 heavy (non-hydrogen) atoms. The summed E-state index contributed by atoms with van der Waals surface area (Å²) in [6, 6.07) is 0. The summed E-state index contributed by atoms with van der Waals surface area (Å²) in [5.74, 6) is -4.34.